The van der Waals surface area contributed by atoms with E-state index in [1.807, 2.05) is 32.9 Å². The molecule has 1 aliphatic rings. The predicted octanol–water partition coefficient (Wildman–Crippen LogP) is 4.47. The van der Waals surface area contributed by atoms with Gasteiger partial charge in [0.25, 0.3) is 11.1 Å². The molecule has 1 heterocycles. The first-order valence-electron chi connectivity index (χ1n) is 9.73. The van der Waals surface area contributed by atoms with Gasteiger partial charge < -0.3 is 14.8 Å². The van der Waals surface area contributed by atoms with Gasteiger partial charge in [0.15, 0.2) is 11.5 Å². The van der Waals surface area contributed by atoms with Gasteiger partial charge in [0, 0.05) is 5.69 Å². The molecule has 1 N–H and O–H groups in total. The van der Waals surface area contributed by atoms with Crippen molar-refractivity contribution in [3.8, 4) is 11.5 Å². The molecule has 0 unspecified atom stereocenters. The number of nitrogens with zero attached hydrogens (tertiary/aromatic N) is 1. The number of methoxy groups -OCH3 is 1. The number of carbonyl (C=O) groups excluding carboxylic acids is 3. The van der Waals surface area contributed by atoms with Crippen molar-refractivity contribution in [2.24, 2.45) is 0 Å². The summed E-state index contributed by atoms with van der Waals surface area (Å²) in [7, 11) is 1.53. The van der Waals surface area contributed by atoms with E-state index >= 15 is 0 Å². The van der Waals surface area contributed by atoms with Gasteiger partial charge in [-0.15, -0.1) is 0 Å². The van der Waals surface area contributed by atoms with Crippen molar-refractivity contribution in [3.05, 3.63) is 58.5 Å². The van der Waals surface area contributed by atoms with Crippen molar-refractivity contribution in [1.29, 1.82) is 0 Å². The molecular formula is C23H24N2O5S. The molecule has 0 bridgehead atoms. The average molecular weight is 441 g/mol. The van der Waals surface area contributed by atoms with Crippen LogP contribution in [0.1, 0.15) is 25.0 Å². The Hall–Kier alpha value is -3.26. The molecule has 0 aliphatic carbocycles. The minimum atomic E-state index is -0.504. The van der Waals surface area contributed by atoms with Crippen LogP contribution in [0.15, 0.2) is 47.4 Å². The molecule has 0 aromatic heterocycles. The Balaban J connectivity index is 1.71. The van der Waals surface area contributed by atoms with E-state index < -0.39 is 17.1 Å². The van der Waals surface area contributed by atoms with Crippen molar-refractivity contribution < 1.29 is 23.9 Å². The zero-order chi connectivity index (χ0) is 22.5. The lowest BCUT2D eigenvalue weighted by atomic mass is 10.2. The number of rotatable bonds is 7. The number of ether oxygens (including phenoxy) is 2. The molecule has 31 heavy (non-hydrogen) atoms. The van der Waals surface area contributed by atoms with Crippen molar-refractivity contribution in [3.63, 3.8) is 0 Å². The van der Waals surface area contributed by atoms with Crippen LogP contribution >= 0.6 is 11.8 Å². The van der Waals surface area contributed by atoms with Crippen LogP contribution in [0.3, 0.4) is 0 Å². The van der Waals surface area contributed by atoms with Crippen LogP contribution in [0.25, 0.3) is 6.08 Å². The number of amides is 3. The van der Waals surface area contributed by atoms with Crippen LogP contribution in [0, 0.1) is 6.92 Å². The van der Waals surface area contributed by atoms with E-state index in [1.165, 1.54) is 7.11 Å². The normalized spacial score (nSPS) is 15.0. The zero-order valence-corrected chi connectivity index (χ0v) is 18.6. The first kappa shape index (κ1) is 22.4. The minimum absolute atomic E-state index is 0.0118. The molecule has 2 aromatic carbocycles. The summed E-state index contributed by atoms with van der Waals surface area (Å²) in [5.74, 6) is 0.175. The topological polar surface area (TPSA) is 84.9 Å². The van der Waals surface area contributed by atoms with E-state index in [2.05, 4.69) is 5.32 Å². The number of carbonyl (C=O) groups is 3. The number of thioether (sulfide) groups is 1. The van der Waals surface area contributed by atoms with E-state index in [-0.39, 0.29) is 17.6 Å². The van der Waals surface area contributed by atoms with Gasteiger partial charge in [-0.1, -0.05) is 23.8 Å². The second-order valence-electron chi connectivity index (χ2n) is 7.26. The second-order valence-corrected chi connectivity index (χ2v) is 8.25. The fraction of sp³-hybridized carbons (Fsp3) is 0.261. The molecule has 1 aliphatic heterocycles. The Morgan fingerprint density at radius 2 is 1.84 bits per heavy atom. The maximum atomic E-state index is 12.7. The first-order valence-corrected chi connectivity index (χ1v) is 10.5. The largest absolute Gasteiger partial charge is 0.493 e. The van der Waals surface area contributed by atoms with E-state index in [0.717, 1.165) is 22.2 Å². The summed E-state index contributed by atoms with van der Waals surface area (Å²) < 4.78 is 11.1. The summed E-state index contributed by atoms with van der Waals surface area (Å²) in [6.07, 6.45) is 1.59. The highest BCUT2D eigenvalue weighted by Crippen LogP contribution is 2.34. The standard InChI is InChI=1S/C23H24N2O5S/c1-14(2)30-18-10-7-16(11-19(18)29-4)12-20-22(27)25(23(28)31-20)13-21(26)24-17-8-5-15(3)6-9-17/h5-12,14H,13H2,1-4H3,(H,24,26)/b20-12+. The van der Waals surface area contributed by atoms with Gasteiger partial charge in [0.2, 0.25) is 5.91 Å². The van der Waals surface area contributed by atoms with Crippen LogP contribution < -0.4 is 14.8 Å². The number of nitrogens with one attached hydrogen (secondary N) is 1. The summed E-state index contributed by atoms with van der Waals surface area (Å²) in [5, 5.41) is 2.21. The van der Waals surface area contributed by atoms with E-state index in [4.69, 9.17) is 9.47 Å². The zero-order valence-electron chi connectivity index (χ0n) is 17.8. The fourth-order valence-electron chi connectivity index (χ4n) is 2.89. The Bertz CT molecular complexity index is 1030. The number of benzene rings is 2. The fourth-order valence-corrected chi connectivity index (χ4v) is 3.73. The van der Waals surface area contributed by atoms with E-state index in [9.17, 15) is 14.4 Å². The number of imide groups is 1. The van der Waals surface area contributed by atoms with Crippen LogP contribution in [0.5, 0.6) is 11.5 Å². The Morgan fingerprint density at radius 3 is 2.48 bits per heavy atom. The Morgan fingerprint density at radius 1 is 1.13 bits per heavy atom. The van der Waals surface area contributed by atoms with Crippen LogP contribution in [-0.2, 0) is 9.59 Å². The van der Waals surface area contributed by atoms with Crippen molar-refractivity contribution in [1.82, 2.24) is 4.90 Å². The number of anilines is 1. The van der Waals surface area contributed by atoms with Gasteiger partial charge in [-0.3, -0.25) is 19.3 Å². The third-order valence-electron chi connectivity index (χ3n) is 4.36. The number of hydrogen-bond donors (Lipinski definition) is 1. The number of hydrogen-bond acceptors (Lipinski definition) is 6. The Labute approximate surface area is 185 Å². The molecule has 0 saturated carbocycles. The highest BCUT2D eigenvalue weighted by Gasteiger charge is 2.36. The molecule has 7 nitrogen and oxygen atoms in total. The minimum Gasteiger partial charge on any atom is -0.493 e. The van der Waals surface area contributed by atoms with Crippen LogP contribution in [0.4, 0.5) is 10.5 Å². The molecule has 1 fully saturated rings. The van der Waals surface area contributed by atoms with Crippen LogP contribution in [-0.4, -0.2) is 41.7 Å². The average Bonchev–Trinajstić information content (AvgIpc) is 2.97. The molecule has 0 radical (unpaired) electrons. The highest BCUT2D eigenvalue weighted by molar-refractivity contribution is 8.18. The third-order valence-corrected chi connectivity index (χ3v) is 5.27. The van der Waals surface area contributed by atoms with Crippen LogP contribution in [0.2, 0.25) is 0 Å². The lowest BCUT2D eigenvalue weighted by Crippen LogP contribution is -2.36. The monoisotopic (exact) mass is 440 g/mol. The third kappa shape index (κ3) is 5.67. The molecule has 0 spiro atoms. The molecule has 8 heteroatoms. The first-order chi connectivity index (χ1) is 14.8. The summed E-state index contributed by atoms with van der Waals surface area (Å²) in [5.41, 5.74) is 2.35. The molecular weight excluding hydrogens is 416 g/mol. The maximum absolute atomic E-state index is 12.7. The van der Waals surface area contributed by atoms with Gasteiger partial charge in [-0.25, -0.2) is 0 Å². The second kappa shape index (κ2) is 9.70. The van der Waals surface area contributed by atoms with Gasteiger partial charge in [0.05, 0.1) is 18.1 Å². The molecule has 162 valence electrons. The van der Waals surface area contributed by atoms with Gasteiger partial charge in [-0.2, -0.15) is 0 Å². The Kier molecular flexibility index (Phi) is 7.02. The smallest absolute Gasteiger partial charge is 0.294 e. The predicted molar refractivity (Wildman–Crippen MR) is 121 cm³/mol. The van der Waals surface area contributed by atoms with Gasteiger partial charge in [-0.05, 0) is 68.4 Å². The summed E-state index contributed by atoms with van der Waals surface area (Å²) in [4.78, 5) is 38.5. The van der Waals surface area contributed by atoms with Crippen molar-refractivity contribution in [2.45, 2.75) is 26.9 Å². The summed E-state index contributed by atoms with van der Waals surface area (Å²) >= 11 is 0.802. The van der Waals surface area contributed by atoms with E-state index in [0.29, 0.717) is 22.7 Å². The quantitative estimate of drug-likeness (QED) is 0.640. The molecule has 2 aromatic rings. The summed E-state index contributed by atoms with van der Waals surface area (Å²) in [6.45, 7) is 5.43. The SMILES string of the molecule is COc1cc(/C=C2/SC(=O)N(CC(=O)Nc3ccc(C)cc3)C2=O)ccc1OC(C)C. The molecule has 0 atom stereocenters. The highest BCUT2D eigenvalue weighted by atomic mass is 32.2. The van der Waals surface area contributed by atoms with Gasteiger partial charge >= 0.3 is 0 Å². The van der Waals surface area contributed by atoms with Crippen molar-refractivity contribution in [2.75, 3.05) is 19.0 Å². The lowest BCUT2D eigenvalue weighted by molar-refractivity contribution is -0.127. The lowest BCUT2D eigenvalue weighted by Gasteiger charge is -2.14. The molecule has 1 saturated heterocycles. The molecule has 3 rings (SSSR count). The number of aryl methyl sites for hydroxylation is 1. The maximum Gasteiger partial charge on any atom is 0.294 e. The van der Waals surface area contributed by atoms with Gasteiger partial charge in [0.1, 0.15) is 6.54 Å². The van der Waals surface area contributed by atoms with E-state index in [1.54, 1.807) is 36.4 Å². The summed E-state index contributed by atoms with van der Waals surface area (Å²) in [6, 6.07) is 12.5. The molecule has 3 amide bonds. The van der Waals surface area contributed by atoms with Crippen molar-refractivity contribution >= 4 is 40.6 Å².